The molecule has 3 aromatic rings. The Labute approximate surface area is 149 Å². The van der Waals surface area contributed by atoms with Gasteiger partial charge in [0.25, 0.3) is 5.91 Å². The van der Waals surface area contributed by atoms with E-state index in [1.54, 1.807) is 61.1 Å². The van der Waals surface area contributed by atoms with Crippen molar-refractivity contribution in [1.29, 1.82) is 0 Å². The normalized spacial score (nSPS) is 10.3. The van der Waals surface area contributed by atoms with Gasteiger partial charge < -0.3 is 4.57 Å². The average molecular weight is 355 g/mol. The molecule has 1 aromatic heterocycles. The van der Waals surface area contributed by atoms with Crippen molar-refractivity contribution < 1.29 is 9.59 Å². The molecule has 3 rings (SSSR count). The summed E-state index contributed by atoms with van der Waals surface area (Å²) in [6.45, 7) is 0. The highest BCUT2D eigenvalue weighted by Crippen LogP contribution is 2.10. The van der Waals surface area contributed by atoms with Crippen LogP contribution in [0.4, 0.5) is 0 Å². The van der Waals surface area contributed by atoms with Gasteiger partial charge in [-0.1, -0.05) is 23.7 Å². The Balaban J connectivity index is 1.53. The van der Waals surface area contributed by atoms with E-state index in [1.165, 1.54) is 0 Å². The first kappa shape index (κ1) is 16.7. The molecule has 0 aliphatic carbocycles. The molecule has 0 radical (unpaired) electrons. The zero-order chi connectivity index (χ0) is 17.6. The number of amides is 2. The topological polar surface area (TPSA) is 76.0 Å². The van der Waals surface area contributed by atoms with E-state index in [0.29, 0.717) is 10.6 Å². The van der Waals surface area contributed by atoms with Crippen LogP contribution in [0.25, 0.3) is 5.69 Å². The lowest BCUT2D eigenvalue weighted by molar-refractivity contribution is -0.121. The third-order valence-corrected chi connectivity index (χ3v) is 3.78. The Kier molecular flexibility index (Phi) is 5.11. The lowest BCUT2D eigenvalue weighted by Crippen LogP contribution is -2.42. The summed E-state index contributed by atoms with van der Waals surface area (Å²) in [5.74, 6) is -0.702. The first-order valence-electron chi connectivity index (χ1n) is 7.54. The summed E-state index contributed by atoms with van der Waals surface area (Å²) in [4.78, 5) is 27.9. The Morgan fingerprint density at radius 3 is 2.36 bits per heavy atom. The van der Waals surface area contributed by atoms with E-state index >= 15 is 0 Å². The van der Waals surface area contributed by atoms with Gasteiger partial charge in [-0.25, -0.2) is 4.98 Å². The second-order valence-electron chi connectivity index (χ2n) is 5.32. The number of hydrogen-bond acceptors (Lipinski definition) is 3. The molecule has 6 nitrogen and oxygen atoms in total. The van der Waals surface area contributed by atoms with Crippen molar-refractivity contribution in [3.63, 3.8) is 0 Å². The molecule has 2 N–H and O–H groups in total. The molecule has 1 heterocycles. The molecule has 0 unspecified atom stereocenters. The molecular weight excluding hydrogens is 340 g/mol. The van der Waals surface area contributed by atoms with E-state index in [0.717, 1.165) is 11.3 Å². The van der Waals surface area contributed by atoms with Crippen molar-refractivity contribution in [2.75, 3.05) is 0 Å². The van der Waals surface area contributed by atoms with E-state index in [1.807, 2.05) is 10.8 Å². The lowest BCUT2D eigenvalue weighted by atomic mass is 10.1. The van der Waals surface area contributed by atoms with Gasteiger partial charge in [-0.2, -0.15) is 0 Å². The van der Waals surface area contributed by atoms with Crippen molar-refractivity contribution in [2.24, 2.45) is 0 Å². The predicted octanol–water partition coefficient (Wildman–Crippen LogP) is 2.53. The van der Waals surface area contributed by atoms with Crippen LogP contribution < -0.4 is 10.9 Å². The number of hydrazine groups is 1. The summed E-state index contributed by atoms with van der Waals surface area (Å²) in [6, 6.07) is 13.9. The van der Waals surface area contributed by atoms with Crippen molar-refractivity contribution in [3.8, 4) is 5.69 Å². The molecule has 0 atom stereocenters. The predicted molar refractivity (Wildman–Crippen MR) is 94.3 cm³/mol. The third-order valence-electron chi connectivity index (χ3n) is 3.53. The summed E-state index contributed by atoms with van der Waals surface area (Å²) in [5, 5.41) is 0.608. The van der Waals surface area contributed by atoms with Crippen molar-refractivity contribution in [1.82, 2.24) is 20.4 Å². The summed E-state index contributed by atoms with van der Waals surface area (Å²) in [6.07, 6.45) is 5.31. The molecule has 25 heavy (non-hydrogen) atoms. The number of rotatable bonds is 4. The van der Waals surface area contributed by atoms with Crippen LogP contribution in [0.2, 0.25) is 5.02 Å². The number of nitrogens with one attached hydrogen (secondary N) is 2. The SMILES string of the molecule is O=C(Cc1ccc(Cl)cc1)NNC(=O)c1ccc(-n2ccnc2)cc1. The smallest absolute Gasteiger partial charge is 0.269 e. The lowest BCUT2D eigenvalue weighted by Gasteiger charge is -2.08. The first-order valence-corrected chi connectivity index (χ1v) is 7.91. The van der Waals surface area contributed by atoms with Crippen LogP contribution in [0.5, 0.6) is 0 Å². The molecule has 126 valence electrons. The molecule has 0 spiro atoms. The molecule has 7 heteroatoms. The van der Waals surface area contributed by atoms with Gasteiger partial charge in [-0.15, -0.1) is 0 Å². The zero-order valence-electron chi connectivity index (χ0n) is 13.1. The number of hydrogen-bond donors (Lipinski definition) is 2. The number of aromatic nitrogens is 2. The maximum absolute atomic E-state index is 12.1. The van der Waals surface area contributed by atoms with Crippen LogP contribution in [0.3, 0.4) is 0 Å². The van der Waals surface area contributed by atoms with Crippen molar-refractivity contribution in [3.05, 3.63) is 83.4 Å². The Bertz CT molecular complexity index is 859. The number of carbonyl (C=O) groups excluding carboxylic acids is 2. The molecule has 0 aliphatic heterocycles. The summed E-state index contributed by atoms with van der Waals surface area (Å²) >= 11 is 5.80. The van der Waals surface area contributed by atoms with Gasteiger partial charge in [0, 0.05) is 28.7 Å². The van der Waals surface area contributed by atoms with Crippen LogP contribution >= 0.6 is 11.6 Å². The van der Waals surface area contributed by atoms with Gasteiger partial charge in [0.05, 0.1) is 12.7 Å². The fraction of sp³-hybridized carbons (Fsp3) is 0.0556. The highest BCUT2D eigenvalue weighted by atomic mass is 35.5. The van der Waals surface area contributed by atoms with E-state index in [9.17, 15) is 9.59 Å². The van der Waals surface area contributed by atoms with Gasteiger partial charge in [0.15, 0.2) is 0 Å². The minimum atomic E-state index is -0.387. The molecule has 0 saturated heterocycles. The molecular formula is C18H15ClN4O2. The minimum absolute atomic E-state index is 0.150. The van der Waals surface area contributed by atoms with E-state index in [2.05, 4.69) is 15.8 Å². The Morgan fingerprint density at radius 1 is 1.00 bits per heavy atom. The molecule has 0 fully saturated rings. The van der Waals surface area contributed by atoms with E-state index < -0.39 is 0 Å². The molecule has 0 bridgehead atoms. The second-order valence-corrected chi connectivity index (χ2v) is 5.76. The maximum Gasteiger partial charge on any atom is 0.269 e. The van der Waals surface area contributed by atoms with Crippen LogP contribution in [0, 0.1) is 0 Å². The van der Waals surface area contributed by atoms with E-state index in [-0.39, 0.29) is 18.2 Å². The molecule has 2 aromatic carbocycles. The van der Waals surface area contributed by atoms with Gasteiger partial charge in [0.1, 0.15) is 0 Å². The van der Waals surface area contributed by atoms with Crippen LogP contribution in [-0.2, 0) is 11.2 Å². The Morgan fingerprint density at radius 2 is 1.72 bits per heavy atom. The minimum Gasteiger partial charge on any atom is -0.306 e. The van der Waals surface area contributed by atoms with Crippen molar-refractivity contribution in [2.45, 2.75) is 6.42 Å². The average Bonchev–Trinajstić information content (AvgIpc) is 3.16. The summed E-state index contributed by atoms with van der Waals surface area (Å²) in [5.41, 5.74) is 6.94. The first-order chi connectivity index (χ1) is 12.1. The second kappa shape index (κ2) is 7.63. The summed E-state index contributed by atoms with van der Waals surface area (Å²) in [7, 11) is 0. The van der Waals surface area contributed by atoms with Gasteiger partial charge in [0.2, 0.25) is 5.91 Å². The highest BCUT2D eigenvalue weighted by molar-refractivity contribution is 6.30. The Hall–Kier alpha value is -3.12. The zero-order valence-corrected chi connectivity index (χ0v) is 13.9. The van der Waals surface area contributed by atoms with E-state index in [4.69, 9.17) is 11.6 Å². The number of carbonyl (C=O) groups is 2. The standard InChI is InChI=1S/C18H15ClN4O2/c19-15-5-1-13(2-6-15)11-17(24)21-22-18(25)14-3-7-16(8-4-14)23-10-9-20-12-23/h1-10,12H,11H2,(H,21,24)(H,22,25). The highest BCUT2D eigenvalue weighted by Gasteiger charge is 2.08. The molecule has 0 saturated carbocycles. The van der Waals surface area contributed by atoms with Gasteiger partial charge in [-0.05, 0) is 42.0 Å². The number of halogens is 1. The number of imidazole rings is 1. The van der Waals surface area contributed by atoms with Gasteiger partial charge >= 0.3 is 0 Å². The quantitative estimate of drug-likeness (QED) is 0.707. The van der Waals surface area contributed by atoms with Crippen LogP contribution in [-0.4, -0.2) is 21.4 Å². The maximum atomic E-state index is 12.1. The third kappa shape index (κ3) is 4.45. The monoisotopic (exact) mass is 354 g/mol. The van der Waals surface area contributed by atoms with Gasteiger partial charge in [-0.3, -0.25) is 20.4 Å². The largest absolute Gasteiger partial charge is 0.306 e. The molecule has 0 aliphatic rings. The molecule has 2 amide bonds. The fourth-order valence-corrected chi connectivity index (χ4v) is 2.35. The number of benzene rings is 2. The van der Waals surface area contributed by atoms with Crippen LogP contribution in [0.1, 0.15) is 15.9 Å². The number of nitrogens with zero attached hydrogens (tertiary/aromatic N) is 2. The van der Waals surface area contributed by atoms with Crippen LogP contribution in [0.15, 0.2) is 67.3 Å². The fourth-order valence-electron chi connectivity index (χ4n) is 2.23. The summed E-state index contributed by atoms with van der Waals surface area (Å²) < 4.78 is 1.83. The van der Waals surface area contributed by atoms with Crippen molar-refractivity contribution >= 4 is 23.4 Å².